The van der Waals surface area contributed by atoms with E-state index in [0.29, 0.717) is 12.1 Å². The van der Waals surface area contributed by atoms with Gasteiger partial charge in [0, 0.05) is 25.5 Å². The molecule has 1 N–H and O–H groups in total. The van der Waals surface area contributed by atoms with E-state index in [0.717, 1.165) is 37.7 Å². The number of aromatic nitrogens is 1. The molecule has 0 radical (unpaired) electrons. The van der Waals surface area contributed by atoms with Crippen molar-refractivity contribution in [2.75, 3.05) is 33.3 Å². The van der Waals surface area contributed by atoms with Gasteiger partial charge < -0.3 is 15.0 Å². The number of nitrogens with zero attached hydrogens (tertiary/aromatic N) is 2. The molecule has 5 nitrogen and oxygen atoms in total. The van der Waals surface area contributed by atoms with Crippen LogP contribution >= 0.6 is 0 Å². The molecular formula is C27H41N3O2. The Bertz CT molecular complexity index is 785. The zero-order valence-electron chi connectivity index (χ0n) is 20.4. The summed E-state index contributed by atoms with van der Waals surface area (Å²) in [5.41, 5.74) is 3.23. The van der Waals surface area contributed by atoms with Crippen molar-refractivity contribution >= 4 is 5.91 Å². The van der Waals surface area contributed by atoms with Gasteiger partial charge in [0.1, 0.15) is 5.75 Å². The maximum Gasteiger partial charge on any atom is 0.252 e. The summed E-state index contributed by atoms with van der Waals surface area (Å²) >= 11 is 0. The molecule has 2 aromatic rings. The molecule has 1 fully saturated rings. The number of carbonyl (C=O) groups is 1. The number of nitrogens with one attached hydrogen (secondary N) is 1. The van der Waals surface area contributed by atoms with Crippen molar-refractivity contribution in [3.8, 4) is 5.75 Å². The molecule has 2 heterocycles. The number of hydrogen-bond donors (Lipinski definition) is 1. The van der Waals surface area contributed by atoms with Gasteiger partial charge in [-0.1, -0.05) is 44.4 Å². The average Bonchev–Trinajstić information content (AvgIpc) is 2.84. The van der Waals surface area contributed by atoms with Crippen LogP contribution in [0.5, 0.6) is 5.75 Å². The second kappa shape index (κ2) is 14.6. The number of rotatable bonds is 9. The quantitative estimate of drug-likeness (QED) is 0.578. The third kappa shape index (κ3) is 8.99. The van der Waals surface area contributed by atoms with E-state index in [2.05, 4.69) is 54.2 Å². The topological polar surface area (TPSA) is 54.5 Å². The highest BCUT2D eigenvalue weighted by Crippen LogP contribution is 2.26. The second-order valence-electron chi connectivity index (χ2n) is 8.64. The van der Waals surface area contributed by atoms with Crippen LogP contribution in [0.2, 0.25) is 0 Å². The van der Waals surface area contributed by atoms with Crippen LogP contribution in [0.4, 0.5) is 0 Å². The first kappa shape index (κ1) is 25.9. The molecule has 5 heteroatoms. The van der Waals surface area contributed by atoms with Crippen molar-refractivity contribution in [3.63, 3.8) is 0 Å². The maximum absolute atomic E-state index is 12.1. The van der Waals surface area contributed by atoms with Crippen LogP contribution in [-0.4, -0.2) is 49.1 Å². The van der Waals surface area contributed by atoms with Crippen LogP contribution < -0.4 is 10.1 Å². The Kier molecular flexibility index (Phi) is 11.8. The lowest BCUT2D eigenvalue weighted by atomic mass is 9.90. The molecule has 1 saturated heterocycles. The Morgan fingerprint density at radius 2 is 1.94 bits per heavy atom. The molecule has 0 bridgehead atoms. The molecule has 1 aliphatic rings. The zero-order valence-corrected chi connectivity index (χ0v) is 20.4. The SMILES string of the molecule is CCCC.COc1ccc(C)cc1CCC1CCN(CCNC(=O)c2cccnc2)CC1. The minimum Gasteiger partial charge on any atom is -0.496 e. The van der Waals surface area contributed by atoms with Crippen molar-refractivity contribution in [1.29, 1.82) is 0 Å². The minimum atomic E-state index is -0.0462. The third-order valence-electron chi connectivity index (χ3n) is 6.10. The molecule has 0 aliphatic carbocycles. The Morgan fingerprint density at radius 3 is 2.56 bits per heavy atom. The molecule has 0 spiro atoms. The summed E-state index contributed by atoms with van der Waals surface area (Å²) in [7, 11) is 1.75. The highest BCUT2D eigenvalue weighted by Gasteiger charge is 2.19. The zero-order chi connectivity index (χ0) is 23.2. The number of unbranched alkanes of at least 4 members (excludes halogenated alkanes) is 1. The number of methoxy groups -OCH3 is 1. The smallest absolute Gasteiger partial charge is 0.252 e. The van der Waals surface area contributed by atoms with Crippen molar-refractivity contribution in [3.05, 3.63) is 59.4 Å². The number of benzene rings is 1. The molecule has 0 unspecified atom stereocenters. The van der Waals surface area contributed by atoms with Crippen molar-refractivity contribution in [1.82, 2.24) is 15.2 Å². The summed E-state index contributed by atoms with van der Waals surface area (Å²) in [5, 5.41) is 2.99. The van der Waals surface area contributed by atoms with Crippen LogP contribution in [0.15, 0.2) is 42.7 Å². The fourth-order valence-corrected chi connectivity index (χ4v) is 3.89. The van der Waals surface area contributed by atoms with E-state index in [-0.39, 0.29) is 5.91 Å². The predicted octanol–water partition coefficient (Wildman–Crippen LogP) is 5.28. The van der Waals surface area contributed by atoms with E-state index in [4.69, 9.17) is 4.74 Å². The molecule has 32 heavy (non-hydrogen) atoms. The molecule has 176 valence electrons. The van der Waals surface area contributed by atoms with Crippen LogP contribution in [-0.2, 0) is 6.42 Å². The predicted molar refractivity (Wildman–Crippen MR) is 132 cm³/mol. The lowest BCUT2D eigenvalue weighted by Gasteiger charge is -2.32. The largest absolute Gasteiger partial charge is 0.496 e. The average molecular weight is 440 g/mol. The van der Waals surface area contributed by atoms with E-state index < -0.39 is 0 Å². The van der Waals surface area contributed by atoms with E-state index in [9.17, 15) is 4.79 Å². The number of amides is 1. The van der Waals surface area contributed by atoms with Gasteiger partial charge in [-0.05, 0) is 75.4 Å². The highest BCUT2D eigenvalue weighted by atomic mass is 16.5. The summed E-state index contributed by atoms with van der Waals surface area (Å²) in [5.74, 6) is 1.73. The van der Waals surface area contributed by atoms with Crippen molar-refractivity contribution in [2.24, 2.45) is 5.92 Å². The molecule has 0 saturated carbocycles. The number of ether oxygens (including phenoxy) is 1. The molecule has 1 aliphatic heterocycles. The van der Waals surface area contributed by atoms with Gasteiger partial charge >= 0.3 is 0 Å². The molecule has 1 aromatic heterocycles. The van der Waals surface area contributed by atoms with E-state index in [1.807, 2.05) is 0 Å². The first-order chi connectivity index (χ1) is 15.6. The van der Waals surface area contributed by atoms with Crippen LogP contribution in [0.1, 0.15) is 67.4 Å². The Balaban J connectivity index is 0.000000837. The van der Waals surface area contributed by atoms with Gasteiger partial charge in [0.2, 0.25) is 0 Å². The summed E-state index contributed by atoms with van der Waals surface area (Å²) in [6.07, 6.45) is 10.7. The first-order valence-electron chi connectivity index (χ1n) is 12.1. The maximum atomic E-state index is 12.1. The number of hydrogen-bond acceptors (Lipinski definition) is 4. The number of likely N-dealkylation sites (tertiary alicyclic amines) is 1. The van der Waals surface area contributed by atoms with Gasteiger partial charge in [-0.15, -0.1) is 0 Å². The monoisotopic (exact) mass is 439 g/mol. The van der Waals surface area contributed by atoms with Crippen LogP contribution in [0.25, 0.3) is 0 Å². The number of carbonyl (C=O) groups excluding carboxylic acids is 1. The second-order valence-corrected chi connectivity index (χ2v) is 8.64. The fourth-order valence-electron chi connectivity index (χ4n) is 3.89. The molecule has 3 rings (SSSR count). The van der Waals surface area contributed by atoms with E-state index >= 15 is 0 Å². The van der Waals surface area contributed by atoms with Gasteiger partial charge in [0.15, 0.2) is 0 Å². The Labute approximate surface area is 194 Å². The summed E-state index contributed by atoms with van der Waals surface area (Å²) < 4.78 is 5.51. The first-order valence-corrected chi connectivity index (χ1v) is 12.1. The summed E-state index contributed by atoms with van der Waals surface area (Å²) in [4.78, 5) is 18.5. The van der Waals surface area contributed by atoms with Crippen LogP contribution in [0.3, 0.4) is 0 Å². The highest BCUT2D eigenvalue weighted by molar-refractivity contribution is 5.93. The third-order valence-corrected chi connectivity index (χ3v) is 6.10. The summed E-state index contributed by atoms with van der Waals surface area (Å²) in [6, 6.07) is 10.0. The lowest BCUT2D eigenvalue weighted by Crippen LogP contribution is -2.39. The van der Waals surface area contributed by atoms with Gasteiger partial charge in [0.25, 0.3) is 5.91 Å². The van der Waals surface area contributed by atoms with Gasteiger partial charge in [0.05, 0.1) is 12.7 Å². The fraction of sp³-hybridized carbons (Fsp3) is 0.556. The van der Waals surface area contributed by atoms with E-state index in [1.165, 1.54) is 43.2 Å². The number of pyridine rings is 1. The lowest BCUT2D eigenvalue weighted by molar-refractivity contribution is 0.0943. The standard InChI is InChI=1S/C23H31N3O2.C4H10/c1-18-5-8-22(28-2)20(16-18)7-6-19-9-13-26(14-10-19)15-12-25-23(27)21-4-3-11-24-17-21;1-3-4-2/h3-5,8,11,16-17,19H,6-7,9-10,12-15H2,1-2H3,(H,25,27);3-4H2,1-2H3. The number of aryl methyl sites for hydroxylation is 2. The van der Waals surface area contributed by atoms with Gasteiger partial charge in [-0.2, -0.15) is 0 Å². The molecule has 1 amide bonds. The van der Waals surface area contributed by atoms with Gasteiger partial charge in [-0.3, -0.25) is 9.78 Å². The number of piperidine rings is 1. The Hall–Kier alpha value is -2.40. The molecular weight excluding hydrogens is 398 g/mol. The van der Waals surface area contributed by atoms with E-state index in [1.54, 1.807) is 31.6 Å². The van der Waals surface area contributed by atoms with Gasteiger partial charge in [-0.25, -0.2) is 0 Å². The molecule has 0 atom stereocenters. The summed E-state index contributed by atoms with van der Waals surface area (Å²) in [6.45, 7) is 10.3. The van der Waals surface area contributed by atoms with Crippen molar-refractivity contribution in [2.45, 2.75) is 59.3 Å². The van der Waals surface area contributed by atoms with Crippen molar-refractivity contribution < 1.29 is 9.53 Å². The normalized spacial score (nSPS) is 14.4. The Morgan fingerprint density at radius 1 is 1.19 bits per heavy atom. The minimum absolute atomic E-state index is 0.0462. The molecule has 1 aromatic carbocycles. The van der Waals surface area contributed by atoms with Crippen LogP contribution in [0, 0.1) is 12.8 Å².